The van der Waals surface area contributed by atoms with Gasteiger partial charge in [-0.1, -0.05) is 18.2 Å². The SMILES string of the molecule is COc1ccc(S(=O)(=O)N(C)CCCC(=O)Nc2c(C)cccc2C)cc1. The molecule has 0 unspecified atom stereocenters. The lowest BCUT2D eigenvalue weighted by Crippen LogP contribution is -2.28. The Balaban J connectivity index is 1.90. The van der Waals surface area contributed by atoms with Gasteiger partial charge >= 0.3 is 0 Å². The zero-order chi connectivity index (χ0) is 20.0. The first-order valence-electron chi connectivity index (χ1n) is 8.72. The van der Waals surface area contributed by atoms with Crippen LogP contribution in [0, 0.1) is 13.8 Å². The van der Waals surface area contributed by atoms with Gasteiger partial charge in [0.15, 0.2) is 0 Å². The van der Waals surface area contributed by atoms with Crippen LogP contribution in [0.3, 0.4) is 0 Å². The second-order valence-electron chi connectivity index (χ2n) is 6.42. The minimum absolute atomic E-state index is 0.123. The topological polar surface area (TPSA) is 75.7 Å². The Bertz CT molecular complexity index is 872. The maximum Gasteiger partial charge on any atom is 0.242 e. The number of carbonyl (C=O) groups excluding carboxylic acids is 1. The number of aryl methyl sites for hydroxylation is 2. The van der Waals surface area contributed by atoms with E-state index in [1.54, 1.807) is 12.1 Å². The second-order valence-corrected chi connectivity index (χ2v) is 8.47. The zero-order valence-electron chi connectivity index (χ0n) is 16.2. The maximum absolute atomic E-state index is 12.6. The summed E-state index contributed by atoms with van der Waals surface area (Å²) in [7, 11) is -0.544. The zero-order valence-corrected chi connectivity index (χ0v) is 17.0. The van der Waals surface area contributed by atoms with E-state index in [0.29, 0.717) is 12.2 Å². The number of para-hydroxylation sites is 1. The number of rotatable bonds is 8. The van der Waals surface area contributed by atoms with Crippen LogP contribution in [-0.4, -0.2) is 39.3 Å². The number of nitrogens with zero attached hydrogens (tertiary/aromatic N) is 1. The van der Waals surface area contributed by atoms with Crippen LogP contribution >= 0.6 is 0 Å². The van der Waals surface area contributed by atoms with Gasteiger partial charge in [0, 0.05) is 25.7 Å². The molecule has 0 heterocycles. The van der Waals surface area contributed by atoms with Crippen molar-refractivity contribution in [1.82, 2.24) is 4.31 Å². The maximum atomic E-state index is 12.6. The predicted octanol–water partition coefficient (Wildman–Crippen LogP) is 3.35. The summed E-state index contributed by atoms with van der Waals surface area (Å²) >= 11 is 0. The molecule has 0 radical (unpaired) electrons. The number of benzene rings is 2. The summed E-state index contributed by atoms with van der Waals surface area (Å²) in [6, 6.07) is 12.1. The summed E-state index contributed by atoms with van der Waals surface area (Å²) in [6.45, 7) is 4.14. The average molecular weight is 391 g/mol. The van der Waals surface area contributed by atoms with Crippen molar-refractivity contribution < 1.29 is 17.9 Å². The van der Waals surface area contributed by atoms with Crippen LogP contribution in [0.4, 0.5) is 5.69 Å². The Kier molecular flexibility index (Phi) is 6.98. The Morgan fingerprint density at radius 1 is 1.07 bits per heavy atom. The molecule has 0 saturated carbocycles. The molecule has 6 nitrogen and oxygen atoms in total. The number of carbonyl (C=O) groups is 1. The van der Waals surface area contributed by atoms with Gasteiger partial charge in [0.25, 0.3) is 0 Å². The number of hydrogen-bond donors (Lipinski definition) is 1. The van der Waals surface area contributed by atoms with Gasteiger partial charge in [0.1, 0.15) is 5.75 Å². The lowest BCUT2D eigenvalue weighted by Gasteiger charge is -2.17. The van der Waals surface area contributed by atoms with Gasteiger partial charge in [-0.05, 0) is 55.7 Å². The summed E-state index contributed by atoms with van der Waals surface area (Å²) in [5, 5.41) is 2.91. The third-order valence-electron chi connectivity index (χ3n) is 4.39. The molecule has 2 rings (SSSR count). The molecule has 7 heteroatoms. The van der Waals surface area contributed by atoms with E-state index in [4.69, 9.17) is 4.74 Å². The van der Waals surface area contributed by atoms with Crippen LogP contribution in [0.25, 0.3) is 0 Å². The van der Waals surface area contributed by atoms with E-state index in [0.717, 1.165) is 16.8 Å². The molecule has 0 bridgehead atoms. The molecule has 1 amide bonds. The van der Waals surface area contributed by atoms with Crippen molar-refractivity contribution in [2.75, 3.05) is 26.0 Å². The molecule has 2 aromatic carbocycles. The fraction of sp³-hybridized carbons (Fsp3) is 0.350. The smallest absolute Gasteiger partial charge is 0.242 e. The van der Waals surface area contributed by atoms with Crippen molar-refractivity contribution >= 4 is 21.6 Å². The molecule has 0 atom stereocenters. The number of amides is 1. The van der Waals surface area contributed by atoms with Crippen molar-refractivity contribution in [3.63, 3.8) is 0 Å². The Morgan fingerprint density at radius 2 is 1.67 bits per heavy atom. The third kappa shape index (κ3) is 5.30. The fourth-order valence-electron chi connectivity index (χ4n) is 2.72. The molecule has 0 aliphatic heterocycles. The summed E-state index contributed by atoms with van der Waals surface area (Å²) in [5.41, 5.74) is 2.83. The normalized spacial score (nSPS) is 11.4. The van der Waals surface area contributed by atoms with Gasteiger partial charge in [-0.2, -0.15) is 0 Å². The van der Waals surface area contributed by atoms with E-state index in [1.165, 1.54) is 30.6 Å². The minimum Gasteiger partial charge on any atom is -0.497 e. The molecule has 1 N–H and O–H groups in total. The van der Waals surface area contributed by atoms with Crippen LogP contribution in [0.2, 0.25) is 0 Å². The summed E-state index contributed by atoms with van der Waals surface area (Å²) in [5.74, 6) is 0.474. The van der Waals surface area contributed by atoms with Gasteiger partial charge in [-0.25, -0.2) is 12.7 Å². The van der Waals surface area contributed by atoms with Crippen molar-refractivity contribution in [3.05, 3.63) is 53.6 Å². The summed E-state index contributed by atoms with van der Waals surface area (Å²) in [6.07, 6.45) is 0.679. The largest absolute Gasteiger partial charge is 0.497 e. The van der Waals surface area contributed by atoms with E-state index in [1.807, 2.05) is 32.0 Å². The Hall–Kier alpha value is -2.38. The van der Waals surface area contributed by atoms with Crippen LogP contribution in [0.5, 0.6) is 5.75 Å². The van der Waals surface area contributed by atoms with Crippen molar-refractivity contribution in [3.8, 4) is 5.75 Å². The summed E-state index contributed by atoms with van der Waals surface area (Å²) < 4.78 is 31.5. The van der Waals surface area contributed by atoms with Crippen LogP contribution < -0.4 is 10.1 Å². The van der Waals surface area contributed by atoms with E-state index in [9.17, 15) is 13.2 Å². The number of anilines is 1. The van der Waals surface area contributed by atoms with Crippen molar-refractivity contribution in [2.45, 2.75) is 31.6 Å². The van der Waals surface area contributed by atoms with Gasteiger partial charge in [0.2, 0.25) is 15.9 Å². The molecule has 146 valence electrons. The fourth-order valence-corrected chi connectivity index (χ4v) is 3.93. The molecular weight excluding hydrogens is 364 g/mol. The van der Waals surface area contributed by atoms with Crippen LogP contribution in [0.1, 0.15) is 24.0 Å². The number of sulfonamides is 1. The lowest BCUT2D eigenvalue weighted by atomic mass is 10.1. The van der Waals surface area contributed by atoms with Crippen LogP contribution in [-0.2, 0) is 14.8 Å². The molecule has 27 heavy (non-hydrogen) atoms. The van der Waals surface area contributed by atoms with Crippen LogP contribution in [0.15, 0.2) is 47.4 Å². The molecule has 2 aromatic rings. The van der Waals surface area contributed by atoms with Crippen molar-refractivity contribution in [1.29, 1.82) is 0 Å². The minimum atomic E-state index is -3.59. The van der Waals surface area contributed by atoms with E-state index in [-0.39, 0.29) is 23.8 Å². The highest BCUT2D eigenvalue weighted by molar-refractivity contribution is 7.89. The lowest BCUT2D eigenvalue weighted by molar-refractivity contribution is -0.116. The first kappa shape index (κ1) is 20.9. The van der Waals surface area contributed by atoms with Gasteiger partial charge in [-0.15, -0.1) is 0 Å². The number of hydrogen-bond acceptors (Lipinski definition) is 4. The number of ether oxygens (including phenoxy) is 1. The number of nitrogens with one attached hydrogen (secondary N) is 1. The molecule has 0 spiro atoms. The molecule has 0 saturated heterocycles. The molecule has 0 aliphatic rings. The van der Waals surface area contributed by atoms with Crippen molar-refractivity contribution in [2.24, 2.45) is 0 Å². The standard InChI is InChI=1S/C20H26N2O4S/c1-15-7-5-8-16(2)20(15)21-19(23)9-6-14-22(3)27(24,25)18-12-10-17(26-4)11-13-18/h5,7-8,10-13H,6,9,14H2,1-4H3,(H,21,23). The predicted molar refractivity (Wildman–Crippen MR) is 107 cm³/mol. The second kappa shape index (κ2) is 9.01. The molecule has 0 fully saturated rings. The highest BCUT2D eigenvalue weighted by Crippen LogP contribution is 2.21. The summed E-state index contributed by atoms with van der Waals surface area (Å²) in [4.78, 5) is 12.4. The molecular formula is C20H26N2O4S. The quantitative estimate of drug-likeness (QED) is 0.750. The van der Waals surface area contributed by atoms with E-state index >= 15 is 0 Å². The first-order valence-corrected chi connectivity index (χ1v) is 10.2. The van der Waals surface area contributed by atoms with Gasteiger partial charge < -0.3 is 10.1 Å². The first-order chi connectivity index (χ1) is 12.8. The Morgan fingerprint density at radius 3 is 2.22 bits per heavy atom. The molecule has 0 aromatic heterocycles. The third-order valence-corrected chi connectivity index (χ3v) is 6.26. The van der Waals surface area contributed by atoms with E-state index < -0.39 is 10.0 Å². The average Bonchev–Trinajstić information content (AvgIpc) is 2.64. The molecule has 0 aliphatic carbocycles. The Labute approximate surface area is 161 Å². The van der Waals surface area contributed by atoms with E-state index in [2.05, 4.69) is 5.32 Å². The van der Waals surface area contributed by atoms with Gasteiger partial charge in [-0.3, -0.25) is 4.79 Å². The number of methoxy groups -OCH3 is 1. The highest BCUT2D eigenvalue weighted by atomic mass is 32.2. The highest BCUT2D eigenvalue weighted by Gasteiger charge is 2.20. The van der Waals surface area contributed by atoms with Gasteiger partial charge in [0.05, 0.1) is 12.0 Å². The monoisotopic (exact) mass is 390 g/mol.